The molecule has 26 heavy (non-hydrogen) atoms. The summed E-state index contributed by atoms with van der Waals surface area (Å²) < 4.78 is 11.3. The molecule has 6 heteroatoms. The number of aromatic nitrogens is 1. The van der Waals surface area contributed by atoms with Crippen molar-refractivity contribution in [1.82, 2.24) is 9.88 Å². The molecule has 0 aliphatic carbocycles. The Morgan fingerprint density at radius 2 is 2.15 bits per heavy atom. The smallest absolute Gasteiger partial charge is 0.322 e. The lowest BCUT2D eigenvalue weighted by molar-refractivity contribution is 0.200. The Hall–Kier alpha value is -2.76. The van der Waals surface area contributed by atoms with E-state index in [0.717, 1.165) is 36.2 Å². The zero-order valence-corrected chi connectivity index (χ0v) is 15.3. The molecule has 4 rings (SSSR count). The number of furan rings is 1. The van der Waals surface area contributed by atoms with Gasteiger partial charge in [0.1, 0.15) is 11.3 Å². The van der Waals surface area contributed by atoms with Crippen LogP contribution in [0.2, 0.25) is 0 Å². The van der Waals surface area contributed by atoms with Crippen LogP contribution >= 0.6 is 0 Å². The molecule has 1 aromatic carbocycles. The van der Waals surface area contributed by atoms with E-state index in [1.807, 2.05) is 35.2 Å². The van der Waals surface area contributed by atoms with Gasteiger partial charge in [0.2, 0.25) is 5.89 Å². The minimum atomic E-state index is -0.158. The average molecular weight is 353 g/mol. The Labute approximate surface area is 152 Å². The quantitative estimate of drug-likeness (QED) is 0.697. The monoisotopic (exact) mass is 353 g/mol. The topological polar surface area (TPSA) is 71.5 Å². The highest BCUT2D eigenvalue weighted by Gasteiger charge is 2.32. The molecule has 2 aromatic heterocycles. The molecule has 136 valence electrons. The first-order valence-electron chi connectivity index (χ1n) is 8.94. The minimum absolute atomic E-state index is 0.00623. The van der Waals surface area contributed by atoms with Gasteiger partial charge in [-0.1, -0.05) is 20.8 Å². The normalized spacial score (nSPS) is 17.8. The maximum Gasteiger partial charge on any atom is 0.322 e. The van der Waals surface area contributed by atoms with E-state index < -0.39 is 0 Å². The van der Waals surface area contributed by atoms with Gasteiger partial charge in [-0.3, -0.25) is 0 Å². The molecule has 3 aromatic rings. The van der Waals surface area contributed by atoms with Crippen LogP contribution in [0.3, 0.4) is 0 Å². The van der Waals surface area contributed by atoms with E-state index in [-0.39, 0.29) is 17.5 Å². The molecule has 1 atom stereocenters. The molecule has 0 unspecified atom stereocenters. The van der Waals surface area contributed by atoms with Crippen molar-refractivity contribution in [3.05, 3.63) is 48.2 Å². The lowest BCUT2D eigenvalue weighted by Crippen LogP contribution is -2.34. The van der Waals surface area contributed by atoms with Crippen LogP contribution in [0.15, 0.2) is 45.4 Å². The summed E-state index contributed by atoms with van der Waals surface area (Å²) in [6.07, 6.45) is 3.53. The molecule has 1 fully saturated rings. The van der Waals surface area contributed by atoms with Gasteiger partial charge in [0.15, 0.2) is 5.58 Å². The molecule has 1 aliphatic heterocycles. The van der Waals surface area contributed by atoms with Crippen molar-refractivity contribution in [3.8, 4) is 0 Å². The summed E-state index contributed by atoms with van der Waals surface area (Å²) in [6.45, 7) is 6.89. The van der Waals surface area contributed by atoms with E-state index in [9.17, 15) is 4.79 Å². The van der Waals surface area contributed by atoms with Crippen LogP contribution in [-0.2, 0) is 5.41 Å². The standard InChI is InChI=1S/C20H23N3O3/c1-20(2,3)18-22-14-12-13(8-9-16(14)26-18)21-19(24)23-10-4-6-15(23)17-7-5-11-25-17/h5,7-9,11-12,15H,4,6,10H2,1-3H3,(H,21,24)/t15-/m1/s1. The predicted molar refractivity (Wildman–Crippen MR) is 99.1 cm³/mol. The number of likely N-dealkylation sites (tertiary alicyclic amines) is 1. The summed E-state index contributed by atoms with van der Waals surface area (Å²) in [6, 6.07) is 9.19. The number of carbonyl (C=O) groups excluding carboxylic acids is 1. The molecule has 1 saturated heterocycles. The number of carbonyl (C=O) groups is 1. The van der Waals surface area contributed by atoms with Crippen LogP contribution in [0.5, 0.6) is 0 Å². The van der Waals surface area contributed by atoms with Crippen molar-refractivity contribution in [2.24, 2.45) is 0 Å². The van der Waals surface area contributed by atoms with E-state index >= 15 is 0 Å². The predicted octanol–water partition coefficient (Wildman–Crippen LogP) is 5.09. The fraction of sp³-hybridized carbons (Fsp3) is 0.400. The third kappa shape index (κ3) is 3.07. The van der Waals surface area contributed by atoms with Crippen LogP contribution < -0.4 is 5.32 Å². The van der Waals surface area contributed by atoms with E-state index in [2.05, 4.69) is 31.1 Å². The molecule has 0 bridgehead atoms. The highest BCUT2D eigenvalue weighted by atomic mass is 16.3. The molecule has 1 aliphatic rings. The lowest BCUT2D eigenvalue weighted by Gasteiger charge is -2.23. The Morgan fingerprint density at radius 3 is 2.88 bits per heavy atom. The number of hydrogen-bond acceptors (Lipinski definition) is 4. The number of urea groups is 1. The molecule has 2 amide bonds. The number of nitrogens with zero attached hydrogens (tertiary/aromatic N) is 2. The Kier molecular flexibility index (Phi) is 3.98. The first-order chi connectivity index (χ1) is 12.4. The summed E-state index contributed by atoms with van der Waals surface area (Å²) in [5, 5.41) is 2.98. The van der Waals surface area contributed by atoms with Crippen LogP contribution in [0.4, 0.5) is 10.5 Å². The van der Waals surface area contributed by atoms with Gasteiger partial charge in [0.25, 0.3) is 0 Å². The average Bonchev–Trinajstić information content (AvgIpc) is 3.32. The lowest BCUT2D eigenvalue weighted by atomic mass is 9.97. The molecular formula is C20H23N3O3. The third-order valence-corrected chi connectivity index (χ3v) is 4.67. The number of hydrogen-bond donors (Lipinski definition) is 1. The number of anilines is 1. The SMILES string of the molecule is CC(C)(C)c1nc2cc(NC(=O)N3CCC[C@@H]3c3ccco3)ccc2o1. The maximum atomic E-state index is 12.8. The zero-order chi connectivity index (χ0) is 18.3. The van der Waals surface area contributed by atoms with Crippen molar-refractivity contribution in [3.63, 3.8) is 0 Å². The van der Waals surface area contributed by atoms with Crippen molar-refractivity contribution < 1.29 is 13.6 Å². The van der Waals surface area contributed by atoms with Crippen LogP contribution in [-0.4, -0.2) is 22.5 Å². The highest BCUT2D eigenvalue weighted by molar-refractivity contribution is 5.92. The molecule has 6 nitrogen and oxygen atoms in total. The van der Waals surface area contributed by atoms with E-state index in [1.165, 1.54) is 0 Å². The minimum Gasteiger partial charge on any atom is -0.467 e. The summed E-state index contributed by atoms with van der Waals surface area (Å²) in [4.78, 5) is 19.1. The largest absolute Gasteiger partial charge is 0.467 e. The second kappa shape index (κ2) is 6.20. The Bertz CT molecular complexity index is 922. The van der Waals surface area contributed by atoms with Gasteiger partial charge in [0, 0.05) is 17.6 Å². The number of nitrogens with one attached hydrogen (secondary N) is 1. The fourth-order valence-corrected chi connectivity index (χ4v) is 3.31. The first-order valence-corrected chi connectivity index (χ1v) is 8.94. The molecule has 1 N–H and O–H groups in total. The third-order valence-electron chi connectivity index (χ3n) is 4.67. The number of amides is 2. The molecule has 3 heterocycles. The molecular weight excluding hydrogens is 330 g/mol. The zero-order valence-electron chi connectivity index (χ0n) is 15.3. The molecule has 0 radical (unpaired) electrons. The summed E-state index contributed by atoms with van der Waals surface area (Å²) in [5.74, 6) is 1.52. The maximum absolute atomic E-state index is 12.8. The van der Waals surface area contributed by atoms with Crippen LogP contribution in [0, 0.1) is 0 Å². The van der Waals surface area contributed by atoms with E-state index in [0.29, 0.717) is 11.6 Å². The summed E-state index contributed by atoms with van der Waals surface area (Å²) in [7, 11) is 0. The van der Waals surface area contributed by atoms with Crippen molar-refractivity contribution in [2.45, 2.75) is 45.1 Å². The van der Waals surface area contributed by atoms with Gasteiger partial charge in [-0.15, -0.1) is 0 Å². The van der Waals surface area contributed by atoms with Gasteiger partial charge in [-0.25, -0.2) is 9.78 Å². The summed E-state index contributed by atoms with van der Waals surface area (Å²) in [5.41, 5.74) is 2.02. The molecule has 0 spiro atoms. The van der Waals surface area contributed by atoms with E-state index in [1.54, 1.807) is 6.26 Å². The summed E-state index contributed by atoms with van der Waals surface area (Å²) >= 11 is 0. The number of oxazole rings is 1. The first kappa shape index (κ1) is 16.7. The van der Waals surface area contributed by atoms with Crippen LogP contribution in [0.25, 0.3) is 11.1 Å². The van der Waals surface area contributed by atoms with Gasteiger partial charge in [-0.05, 0) is 43.2 Å². The Morgan fingerprint density at radius 1 is 1.31 bits per heavy atom. The van der Waals surface area contributed by atoms with Gasteiger partial charge in [0.05, 0.1) is 12.3 Å². The fourth-order valence-electron chi connectivity index (χ4n) is 3.31. The number of fused-ring (bicyclic) bond motifs is 1. The van der Waals surface area contributed by atoms with Gasteiger partial charge >= 0.3 is 6.03 Å². The number of rotatable bonds is 2. The second-order valence-electron chi connectivity index (χ2n) is 7.75. The Balaban J connectivity index is 1.54. The second-order valence-corrected chi connectivity index (χ2v) is 7.75. The van der Waals surface area contributed by atoms with Crippen molar-refractivity contribution in [1.29, 1.82) is 0 Å². The van der Waals surface area contributed by atoms with Gasteiger partial charge in [-0.2, -0.15) is 0 Å². The number of benzene rings is 1. The highest BCUT2D eigenvalue weighted by Crippen LogP contribution is 2.33. The van der Waals surface area contributed by atoms with Crippen LogP contribution in [0.1, 0.15) is 51.3 Å². The molecule has 0 saturated carbocycles. The van der Waals surface area contributed by atoms with Gasteiger partial charge < -0.3 is 19.1 Å². The van der Waals surface area contributed by atoms with E-state index in [4.69, 9.17) is 8.83 Å². The van der Waals surface area contributed by atoms with Crippen molar-refractivity contribution in [2.75, 3.05) is 11.9 Å². The van der Waals surface area contributed by atoms with Crippen molar-refractivity contribution >= 4 is 22.8 Å².